The molecule has 1 unspecified atom stereocenters. The third-order valence-corrected chi connectivity index (χ3v) is 6.68. The highest BCUT2D eigenvalue weighted by atomic mass is 32.2. The lowest BCUT2D eigenvalue weighted by atomic mass is 9.99. The molecular formula is C18H28N2O3S. The highest BCUT2D eigenvalue weighted by Gasteiger charge is 2.34. The normalized spacial score (nSPS) is 19.2. The van der Waals surface area contributed by atoms with Gasteiger partial charge in [0.05, 0.1) is 10.8 Å². The molecule has 1 aromatic carbocycles. The number of nitrogens with zero attached hydrogens (tertiary/aromatic N) is 1. The van der Waals surface area contributed by atoms with Crippen LogP contribution in [0.15, 0.2) is 17.0 Å². The summed E-state index contributed by atoms with van der Waals surface area (Å²) in [6, 6.07) is 3.80. The van der Waals surface area contributed by atoms with Crippen molar-refractivity contribution in [3.63, 3.8) is 0 Å². The van der Waals surface area contributed by atoms with Gasteiger partial charge in [-0.25, -0.2) is 8.42 Å². The molecule has 0 aromatic heterocycles. The molecule has 0 bridgehead atoms. The lowest BCUT2D eigenvalue weighted by Crippen LogP contribution is -2.45. The summed E-state index contributed by atoms with van der Waals surface area (Å²) in [7, 11) is -3.57. The minimum atomic E-state index is -3.57. The molecule has 1 heterocycles. The fraction of sp³-hybridized carbons (Fsp3) is 0.611. The number of amides is 1. The van der Waals surface area contributed by atoms with Crippen LogP contribution >= 0.6 is 0 Å². The molecule has 1 atom stereocenters. The number of hydrogen-bond donors (Lipinski definition) is 1. The van der Waals surface area contributed by atoms with Gasteiger partial charge in [-0.2, -0.15) is 4.31 Å². The van der Waals surface area contributed by atoms with Crippen LogP contribution in [0.4, 0.5) is 0 Å². The maximum Gasteiger partial charge on any atom is 0.243 e. The van der Waals surface area contributed by atoms with Crippen LogP contribution in [0.5, 0.6) is 0 Å². The Hall–Kier alpha value is -1.40. The minimum absolute atomic E-state index is 0.0332. The Morgan fingerprint density at radius 2 is 1.88 bits per heavy atom. The topological polar surface area (TPSA) is 66.5 Å². The summed E-state index contributed by atoms with van der Waals surface area (Å²) < 4.78 is 27.7. The number of benzene rings is 1. The Morgan fingerprint density at radius 1 is 1.25 bits per heavy atom. The van der Waals surface area contributed by atoms with E-state index in [4.69, 9.17) is 0 Å². The number of carbonyl (C=O) groups excluding carboxylic acids is 1. The zero-order chi connectivity index (χ0) is 17.9. The summed E-state index contributed by atoms with van der Waals surface area (Å²) in [6.07, 6.45) is 2.34. The van der Waals surface area contributed by atoms with Gasteiger partial charge in [-0.05, 0) is 51.2 Å². The van der Waals surface area contributed by atoms with Crippen molar-refractivity contribution in [3.8, 4) is 0 Å². The quantitative estimate of drug-likeness (QED) is 0.885. The molecule has 1 N–H and O–H groups in total. The van der Waals surface area contributed by atoms with E-state index >= 15 is 0 Å². The second-order valence-corrected chi connectivity index (χ2v) is 8.60. The molecule has 1 saturated heterocycles. The molecule has 1 aliphatic rings. The first kappa shape index (κ1) is 18.9. The number of piperidine rings is 1. The molecule has 1 aromatic rings. The Labute approximate surface area is 145 Å². The first-order chi connectivity index (χ1) is 11.3. The van der Waals surface area contributed by atoms with Crippen molar-refractivity contribution < 1.29 is 13.2 Å². The van der Waals surface area contributed by atoms with Crippen molar-refractivity contribution >= 4 is 15.9 Å². The van der Waals surface area contributed by atoms with Gasteiger partial charge in [0.1, 0.15) is 0 Å². The van der Waals surface area contributed by atoms with Crippen LogP contribution < -0.4 is 5.32 Å². The third-order valence-electron chi connectivity index (χ3n) is 4.51. The largest absolute Gasteiger partial charge is 0.356 e. The summed E-state index contributed by atoms with van der Waals surface area (Å²) in [5.74, 6) is -0.291. The lowest BCUT2D eigenvalue weighted by molar-refractivity contribution is -0.126. The number of carbonyl (C=O) groups is 1. The van der Waals surface area contributed by atoms with Crippen LogP contribution in [-0.4, -0.2) is 38.3 Å². The van der Waals surface area contributed by atoms with E-state index in [1.807, 2.05) is 39.8 Å². The number of nitrogens with one attached hydrogen (secondary N) is 1. The van der Waals surface area contributed by atoms with E-state index in [9.17, 15) is 13.2 Å². The van der Waals surface area contributed by atoms with E-state index in [1.54, 1.807) is 0 Å². The van der Waals surface area contributed by atoms with Gasteiger partial charge in [0, 0.05) is 19.6 Å². The van der Waals surface area contributed by atoms with Crippen molar-refractivity contribution in [2.24, 2.45) is 5.92 Å². The van der Waals surface area contributed by atoms with Gasteiger partial charge in [0.15, 0.2) is 0 Å². The Kier molecular flexibility index (Phi) is 6.04. The van der Waals surface area contributed by atoms with Crippen LogP contribution in [0.1, 0.15) is 42.9 Å². The Bertz CT molecular complexity index is 690. The SMILES string of the molecule is CCCNC(=O)C1CCCN(S(=O)(=O)c2c(C)cc(C)cc2C)C1. The highest BCUT2D eigenvalue weighted by molar-refractivity contribution is 7.89. The molecule has 0 saturated carbocycles. The molecule has 2 rings (SSSR count). The van der Waals surface area contributed by atoms with E-state index in [-0.39, 0.29) is 18.4 Å². The van der Waals surface area contributed by atoms with Gasteiger partial charge in [-0.15, -0.1) is 0 Å². The van der Waals surface area contributed by atoms with Crippen molar-refractivity contribution in [1.29, 1.82) is 0 Å². The summed E-state index contributed by atoms with van der Waals surface area (Å²) in [5.41, 5.74) is 2.59. The lowest BCUT2D eigenvalue weighted by Gasteiger charge is -2.32. The molecule has 0 spiro atoms. The predicted octanol–water partition coefficient (Wildman–Crippen LogP) is 2.54. The van der Waals surface area contributed by atoms with Crippen molar-refractivity contribution in [3.05, 3.63) is 28.8 Å². The van der Waals surface area contributed by atoms with Crippen LogP contribution in [0.2, 0.25) is 0 Å². The van der Waals surface area contributed by atoms with Gasteiger partial charge in [-0.1, -0.05) is 24.6 Å². The van der Waals surface area contributed by atoms with Crippen LogP contribution in [-0.2, 0) is 14.8 Å². The second-order valence-electron chi connectivity index (χ2n) is 6.72. The summed E-state index contributed by atoms with van der Waals surface area (Å²) in [6.45, 7) is 9.02. The molecule has 24 heavy (non-hydrogen) atoms. The number of rotatable bonds is 5. The molecule has 5 nitrogen and oxygen atoms in total. The Balaban J connectivity index is 2.25. The van der Waals surface area contributed by atoms with Crippen LogP contribution in [0.3, 0.4) is 0 Å². The zero-order valence-electron chi connectivity index (χ0n) is 15.1. The molecule has 134 valence electrons. The third kappa shape index (κ3) is 3.98. The molecule has 6 heteroatoms. The fourth-order valence-electron chi connectivity index (χ4n) is 3.47. The molecule has 1 fully saturated rings. The Morgan fingerprint density at radius 3 is 2.46 bits per heavy atom. The average molecular weight is 353 g/mol. The van der Waals surface area contributed by atoms with E-state index in [0.717, 1.165) is 29.5 Å². The van der Waals surface area contributed by atoms with Crippen molar-refractivity contribution in [1.82, 2.24) is 9.62 Å². The van der Waals surface area contributed by atoms with Crippen molar-refractivity contribution in [2.45, 2.75) is 51.9 Å². The maximum absolute atomic E-state index is 13.1. The maximum atomic E-state index is 13.1. The van der Waals surface area contributed by atoms with Crippen LogP contribution in [0.25, 0.3) is 0 Å². The average Bonchev–Trinajstić information content (AvgIpc) is 2.51. The standard InChI is InChI=1S/C18H28N2O3S/c1-5-8-19-18(21)16-7-6-9-20(12-16)24(22,23)17-14(3)10-13(2)11-15(17)4/h10-11,16H,5-9,12H2,1-4H3,(H,19,21). The van der Waals surface area contributed by atoms with Gasteiger partial charge >= 0.3 is 0 Å². The molecule has 0 radical (unpaired) electrons. The summed E-state index contributed by atoms with van der Waals surface area (Å²) in [5, 5.41) is 2.88. The predicted molar refractivity (Wildman–Crippen MR) is 95.4 cm³/mol. The fourth-order valence-corrected chi connectivity index (χ4v) is 5.41. The van der Waals surface area contributed by atoms with Gasteiger partial charge in [-0.3, -0.25) is 4.79 Å². The number of hydrogen-bond acceptors (Lipinski definition) is 3. The van der Waals surface area contributed by atoms with Gasteiger partial charge in [0.25, 0.3) is 0 Å². The van der Waals surface area contributed by atoms with Crippen molar-refractivity contribution in [2.75, 3.05) is 19.6 Å². The number of aryl methyl sites for hydroxylation is 3. The first-order valence-corrected chi connectivity index (χ1v) is 10.1. The summed E-state index contributed by atoms with van der Waals surface area (Å²) in [4.78, 5) is 12.6. The number of sulfonamides is 1. The van der Waals surface area contributed by atoms with E-state index in [1.165, 1.54) is 4.31 Å². The monoisotopic (exact) mass is 352 g/mol. The molecule has 1 amide bonds. The zero-order valence-corrected chi connectivity index (χ0v) is 15.9. The highest BCUT2D eigenvalue weighted by Crippen LogP contribution is 2.28. The van der Waals surface area contributed by atoms with E-state index in [0.29, 0.717) is 24.4 Å². The smallest absolute Gasteiger partial charge is 0.243 e. The first-order valence-electron chi connectivity index (χ1n) is 8.63. The molecular weight excluding hydrogens is 324 g/mol. The van der Waals surface area contributed by atoms with Gasteiger partial charge in [0.2, 0.25) is 15.9 Å². The van der Waals surface area contributed by atoms with E-state index in [2.05, 4.69) is 5.32 Å². The van der Waals surface area contributed by atoms with Crippen LogP contribution in [0, 0.1) is 26.7 Å². The van der Waals surface area contributed by atoms with E-state index < -0.39 is 10.0 Å². The summed E-state index contributed by atoms with van der Waals surface area (Å²) >= 11 is 0. The second kappa shape index (κ2) is 7.66. The minimum Gasteiger partial charge on any atom is -0.356 e. The molecule has 1 aliphatic heterocycles. The van der Waals surface area contributed by atoms with Gasteiger partial charge < -0.3 is 5.32 Å². The molecule has 0 aliphatic carbocycles.